The van der Waals surface area contributed by atoms with Crippen LogP contribution in [0.15, 0.2) is 18.2 Å². The first-order valence-electron chi connectivity index (χ1n) is 9.36. The van der Waals surface area contributed by atoms with Crippen LogP contribution in [0.3, 0.4) is 0 Å². The first-order chi connectivity index (χ1) is 13.5. The normalized spacial score (nSPS) is 17.9. The van der Waals surface area contributed by atoms with E-state index in [0.29, 0.717) is 11.5 Å². The first kappa shape index (κ1) is 18.9. The molecule has 0 spiro atoms. The fourth-order valence-corrected chi connectivity index (χ4v) is 3.93. The predicted octanol–water partition coefficient (Wildman–Crippen LogP) is 3.49. The summed E-state index contributed by atoms with van der Waals surface area (Å²) in [5.41, 5.74) is 1.49. The molecule has 1 aromatic carbocycles. The maximum Gasteiger partial charge on any atom is 0.244 e. The van der Waals surface area contributed by atoms with E-state index in [1.165, 1.54) is 6.07 Å². The van der Waals surface area contributed by atoms with Gasteiger partial charge in [-0.05, 0) is 51.1 Å². The number of hydrogen-bond donors (Lipinski definition) is 2. The molecule has 0 amide bonds. The number of aromatic nitrogens is 4. The molecule has 0 radical (unpaired) electrons. The number of hydrogen-bond acceptors (Lipinski definition) is 6. The zero-order chi connectivity index (χ0) is 19.8. The van der Waals surface area contributed by atoms with Crippen LogP contribution in [0.1, 0.15) is 25.5 Å². The number of rotatable bonds is 4. The Balaban J connectivity index is 1.76. The Morgan fingerprint density at radius 2 is 2.14 bits per heavy atom. The van der Waals surface area contributed by atoms with Gasteiger partial charge in [0, 0.05) is 17.6 Å². The molecule has 1 fully saturated rings. The molecule has 148 valence electrons. The van der Waals surface area contributed by atoms with Crippen LogP contribution in [0.2, 0.25) is 5.02 Å². The number of likely N-dealkylation sites (tertiary alicyclic amines) is 1. The van der Waals surface area contributed by atoms with Crippen molar-refractivity contribution in [2.75, 3.05) is 25.0 Å². The Labute approximate surface area is 167 Å². The predicted molar refractivity (Wildman–Crippen MR) is 106 cm³/mol. The Kier molecular flexibility index (Phi) is 5.07. The molecule has 1 saturated heterocycles. The van der Waals surface area contributed by atoms with Crippen molar-refractivity contribution in [1.82, 2.24) is 24.7 Å². The highest BCUT2D eigenvalue weighted by atomic mass is 35.5. The number of nitrogens with one attached hydrogen (secondary N) is 1. The van der Waals surface area contributed by atoms with Crippen molar-refractivity contribution >= 4 is 23.1 Å². The minimum atomic E-state index is -0.661. The first-order valence-corrected chi connectivity index (χ1v) is 9.74. The van der Waals surface area contributed by atoms with Crippen molar-refractivity contribution in [3.8, 4) is 17.0 Å². The third-order valence-electron chi connectivity index (χ3n) is 5.08. The Bertz CT molecular complexity index is 1000. The number of aromatic hydroxyl groups is 1. The second-order valence-corrected chi connectivity index (χ2v) is 7.55. The van der Waals surface area contributed by atoms with Gasteiger partial charge in [0.25, 0.3) is 0 Å². The van der Waals surface area contributed by atoms with Gasteiger partial charge >= 0.3 is 0 Å². The van der Waals surface area contributed by atoms with E-state index in [4.69, 9.17) is 11.6 Å². The number of nitrogens with zero attached hydrogens (tertiary/aromatic N) is 5. The molecule has 0 saturated carbocycles. The SMILES string of the molecule is CCN1CCC[C@@H](Nc2nnc(-c3c(O)cc(Cl)cc3F)c3cc(C)nn23)C1. The smallest absolute Gasteiger partial charge is 0.244 e. The zero-order valence-corrected chi connectivity index (χ0v) is 16.5. The third kappa shape index (κ3) is 3.49. The van der Waals surface area contributed by atoms with E-state index in [1.54, 1.807) is 10.6 Å². The number of anilines is 1. The molecule has 7 nitrogen and oxygen atoms in total. The summed E-state index contributed by atoms with van der Waals surface area (Å²) in [4.78, 5) is 2.38. The minimum absolute atomic E-state index is 0.0387. The van der Waals surface area contributed by atoms with Crippen molar-refractivity contribution in [2.24, 2.45) is 0 Å². The molecule has 1 aliphatic heterocycles. The number of phenols is 1. The average Bonchev–Trinajstić information content (AvgIpc) is 3.04. The monoisotopic (exact) mass is 404 g/mol. The summed E-state index contributed by atoms with van der Waals surface area (Å²) in [7, 11) is 0. The second kappa shape index (κ2) is 7.52. The van der Waals surface area contributed by atoms with Crippen LogP contribution in [0.5, 0.6) is 5.75 Å². The molecule has 0 unspecified atom stereocenters. The zero-order valence-electron chi connectivity index (χ0n) is 15.8. The van der Waals surface area contributed by atoms with Crippen molar-refractivity contribution in [3.63, 3.8) is 0 Å². The molecule has 3 aromatic rings. The molecule has 9 heteroatoms. The molecular weight excluding hydrogens is 383 g/mol. The van der Waals surface area contributed by atoms with E-state index in [2.05, 4.69) is 32.4 Å². The third-order valence-corrected chi connectivity index (χ3v) is 5.29. The Hall–Kier alpha value is -2.45. The standard InChI is InChI=1S/C19H22ClFN6O/c1-3-26-6-4-5-13(10-26)22-19-24-23-18(15-7-11(2)25-27(15)19)17-14(21)8-12(20)9-16(17)28/h7-9,13,28H,3-6,10H2,1-2H3,(H,22,24)/t13-/m1/s1. The highest BCUT2D eigenvalue weighted by Crippen LogP contribution is 2.36. The Morgan fingerprint density at radius 1 is 1.32 bits per heavy atom. The average molecular weight is 405 g/mol. The lowest BCUT2D eigenvalue weighted by atomic mass is 10.1. The van der Waals surface area contributed by atoms with Gasteiger partial charge in [-0.2, -0.15) is 9.61 Å². The molecule has 3 heterocycles. The van der Waals surface area contributed by atoms with Gasteiger partial charge in [0.1, 0.15) is 17.3 Å². The lowest BCUT2D eigenvalue weighted by Crippen LogP contribution is -2.42. The van der Waals surface area contributed by atoms with Gasteiger partial charge in [-0.3, -0.25) is 0 Å². The molecule has 0 aliphatic carbocycles. The number of piperidine rings is 1. The maximum atomic E-state index is 14.5. The van der Waals surface area contributed by atoms with Gasteiger partial charge in [-0.25, -0.2) is 4.39 Å². The number of phenolic OH excluding ortho intramolecular Hbond substituents is 1. The molecule has 28 heavy (non-hydrogen) atoms. The van der Waals surface area contributed by atoms with Gasteiger partial charge in [-0.15, -0.1) is 10.2 Å². The van der Waals surface area contributed by atoms with Crippen LogP contribution in [-0.2, 0) is 0 Å². The number of aryl methyl sites for hydroxylation is 1. The van der Waals surface area contributed by atoms with E-state index in [-0.39, 0.29) is 28.1 Å². The largest absolute Gasteiger partial charge is 0.507 e. The molecule has 4 rings (SSSR count). The summed E-state index contributed by atoms with van der Waals surface area (Å²) >= 11 is 5.82. The Morgan fingerprint density at radius 3 is 2.89 bits per heavy atom. The molecule has 0 bridgehead atoms. The summed E-state index contributed by atoms with van der Waals surface area (Å²) in [6.07, 6.45) is 2.15. The van der Waals surface area contributed by atoms with E-state index in [9.17, 15) is 9.50 Å². The fourth-order valence-electron chi connectivity index (χ4n) is 3.73. The summed E-state index contributed by atoms with van der Waals surface area (Å²) in [5, 5.41) is 26.7. The molecule has 2 N–H and O–H groups in total. The topological polar surface area (TPSA) is 78.6 Å². The van der Waals surface area contributed by atoms with Gasteiger partial charge in [0.2, 0.25) is 5.95 Å². The van der Waals surface area contributed by atoms with E-state index >= 15 is 0 Å². The molecular formula is C19H22ClFN6O. The van der Waals surface area contributed by atoms with Gasteiger partial charge in [0.15, 0.2) is 0 Å². The van der Waals surface area contributed by atoms with Crippen molar-refractivity contribution in [1.29, 1.82) is 0 Å². The van der Waals surface area contributed by atoms with Gasteiger partial charge in [0.05, 0.1) is 16.8 Å². The molecule has 2 aromatic heterocycles. The quantitative estimate of drug-likeness (QED) is 0.693. The summed E-state index contributed by atoms with van der Waals surface area (Å²) < 4.78 is 16.1. The lowest BCUT2D eigenvalue weighted by Gasteiger charge is -2.32. The molecule has 1 aliphatic rings. The van der Waals surface area contributed by atoms with E-state index in [1.807, 2.05) is 6.92 Å². The van der Waals surface area contributed by atoms with E-state index in [0.717, 1.165) is 44.2 Å². The fraction of sp³-hybridized carbons (Fsp3) is 0.421. The van der Waals surface area contributed by atoms with Crippen molar-refractivity contribution in [2.45, 2.75) is 32.7 Å². The van der Waals surface area contributed by atoms with Crippen LogP contribution in [0.25, 0.3) is 16.8 Å². The number of likely N-dealkylation sites (N-methyl/N-ethyl adjacent to an activating group) is 1. The number of benzene rings is 1. The lowest BCUT2D eigenvalue weighted by molar-refractivity contribution is 0.226. The van der Waals surface area contributed by atoms with Gasteiger partial charge in [-0.1, -0.05) is 18.5 Å². The highest BCUT2D eigenvalue weighted by molar-refractivity contribution is 6.30. The van der Waals surface area contributed by atoms with Crippen molar-refractivity contribution in [3.05, 3.63) is 34.7 Å². The maximum absolute atomic E-state index is 14.5. The van der Waals surface area contributed by atoms with Crippen LogP contribution in [0, 0.1) is 12.7 Å². The number of fused-ring (bicyclic) bond motifs is 1. The van der Waals surface area contributed by atoms with E-state index < -0.39 is 5.82 Å². The van der Waals surface area contributed by atoms with Crippen LogP contribution in [0.4, 0.5) is 10.3 Å². The van der Waals surface area contributed by atoms with Crippen molar-refractivity contribution < 1.29 is 9.50 Å². The summed E-state index contributed by atoms with van der Waals surface area (Å²) in [5.74, 6) is -0.443. The highest BCUT2D eigenvalue weighted by Gasteiger charge is 2.23. The number of halogens is 2. The summed E-state index contributed by atoms with van der Waals surface area (Å²) in [6, 6.07) is 4.46. The summed E-state index contributed by atoms with van der Waals surface area (Å²) in [6.45, 7) is 7.03. The second-order valence-electron chi connectivity index (χ2n) is 7.11. The molecule has 1 atom stereocenters. The minimum Gasteiger partial charge on any atom is -0.507 e. The van der Waals surface area contributed by atoms with Crippen LogP contribution in [-0.4, -0.2) is 55.5 Å². The van der Waals surface area contributed by atoms with Crippen LogP contribution < -0.4 is 5.32 Å². The van der Waals surface area contributed by atoms with Gasteiger partial charge < -0.3 is 15.3 Å². The van der Waals surface area contributed by atoms with Crippen LogP contribution >= 0.6 is 11.6 Å².